The summed E-state index contributed by atoms with van der Waals surface area (Å²) in [6.07, 6.45) is 5.18. The normalized spacial score (nSPS) is 19.9. The summed E-state index contributed by atoms with van der Waals surface area (Å²) in [6, 6.07) is 12.9. The van der Waals surface area contributed by atoms with E-state index in [0.717, 1.165) is 43.0 Å². The number of hydrogen-bond donors (Lipinski definition) is 1. The van der Waals surface area contributed by atoms with Crippen LogP contribution in [-0.2, 0) is 13.1 Å². The van der Waals surface area contributed by atoms with Crippen LogP contribution in [0.3, 0.4) is 0 Å². The van der Waals surface area contributed by atoms with Crippen molar-refractivity contribution in [2.24, 2.45) is 17.6 Å². The highest BCUT2D eigenvalue weighted by Gasteiger charge is 2.23. The maximum Gasteiger partial charge on any atom is 0.0409 e. The molecule has 1 saturated carbocycles. The van der Waals surface area contributed by atoms with Crippen molar-refractivity contribution in [3.63, 3.8) is 0 Å². The van der Waals surface area contributed by atoms with E-state index in [1.54, 1.807) is 0 Å². The number of nitrogens with zero attached hydrogens (tertiary/aromatic N) is 1. The van der Waals surface area contributed by atoms with Crippen LogP contribution >= 0.6 is 11.6 Å². The molecule has 28 heavy (non-hydrogen) atoms. The van der Waals surface area contributed by atoms with E-state index in [-0.39, 0.29) is 0 Å². The first kappa shape index (κ1) is 21.4. The van der Waals surface area contributed by atoms with Crippen LogP contribution in [0.1, 0.15) is 53.5 Å². The molecule has 3 rings (SSSR count). The lowest BCUT2D eigenvalue weighted by molar-refractivity contribution is 0.169. The third-order valence-corrected chi connectivity index (χ3v) is 6.57. The van der Waals surface area contributed by atoms with Crippen LogP contribution in [0.15, 0.2) is 36.4 Å². The fourth-order valence-corrected chi connectivity index (χ4v) is 4.99. The van der Waals surface area contributed by atoms with E-state index in [2.05, 4.69) is 56.0 Å². The zero-order valence-corrected chi connectivity index (χ0v) is 18.4. The molecule has 1 fully saturated rings. The molecule has 0 heterocycles. The molecule has 0 saturated heterocycles. The molecule has 1 aliphatic carbocycles. The van der Waals surface area contributed by atoms with Gasteiger partial charge in [-0.3, -0.25) is 4.90 Å². The van der Waals surface area contributed by atoms with Gasteiger partial charge >= 0.3 is 0 Å². The quantitative estimate of drug-likeness (QED) is 0.616. The minimum atomic E-state index is 0.735. The SMILES string of the molecule is Cc1cc(C)c(CN(Cc2cccc(Cl)c2)CC2CCC(CN)CC2)c(C)c1. The minimum absolute atomic E-state index is 0.735. The molecule has 0 spiro atoms. The van der Waals surface area contributed by atoms with Gasteiger partial charge in [0, 0.05) is 24.7 Å². The van der Waals surface area contributed by atoms with Gasteiger partial charge in [0.25, 0.3) is 0 Å². The molecule has 0 unspecified atom stereocenters. The highest BCUT2D eigenvalue weighted by Crippen LogP contribution is 2.30. The fourth-order valence-electron chi connectivity index (χ4n) is 4.78. The molecule has 152 valence electrons. The maximum absolute atomic E-state index is 6.25. The van der Waals surface area contributed by atoms with Gasteiger partial charge in [0.15, 0.2) is 0 Å². The number of halogens is 1. The summed E-state index contributed by atoms with van der Waals surface area (Å²) in [7, 11) is 0. The first-order valence-electron chi connectivity index (χ1n) is 10.7. The predicted molar refractivity (Wildman–Crippen MR) is 121 cm³/mol. The second-order valence-corrected chi connectivity index (χ2v) is 9.24. The predicted octanol–water partition coefficient (Wildman–Crippen LogP) is 6.03. The van der Waals surface area contributed by atoms with Crippen molar-refractivity contribution < 1.29 is 0 Å². The topological polar surface area (TPSA) is 29.3 Å². The van der Waals surface area contributed by atoms with Gasteiger partial charge in [-0.2, -0.15) is 0 Å². The Balaban J connectivity index is 1.76. The first-order chi connectivity index (χ1) is 13.4. The first-order valence-corrected chi connectivity index (χ1v) is 11.1. The van der Waals surface area contributed by atoms with Gasteiger partial charge in [-0.15, -0.1) is 0 Å². The minimum Gasteiger partial charge on any atom is -0.330 e. The monoisotopic (exact) mass is 398 g/mol. The molecule has 0 amide bonds. The summed E-state index contributed by atoms with van der Waals surface area (Å²) in [5, 5.41) is 0.823. The summed E-state index contributed by atoms with van der Waals surface area (Å²) in [5.74, 6) is 1.51. The summed E-state index contributed by atoms with van der Waals surface area (Å²) in [6.45, 7) is 10.6. The van der Waals surface area contributed by atoms with Gasteiger partial charge in [0.2, 0.25) is 0 Å². The van der Waals surface area contributed by atoms with Crippen molar-refractivity contribution in [2.45, 2.75) is 59.5 Å². The molecule has 0 bridgehead atoms. The van der Waals surface area contributed by atoms with Crippen LogP contribution in [0.25, 0.3) is 0 Å². The summed E-state index contributed by atoms with van der Waals surface area (Å²) < 4.78 is 0. The molecule has 2 aromatic carbocycles. The largest absolute Gasteiger partial charge is 0.330 e. The second-order valence-electron chi connectivity index (χ2n) is 8.80. The maximum atomic E-state index is 6.25. The van der Waals surface area contributed by atoms with Gasteiger partial charge in [0.1, 0.15) is 0 Å². The van der Waals surface area contributed by atoms with Crippen LogP contribution in [0.4, 0.5) is 0 Å². The van der Waals surface area contributed by atoms with Crippen LogP contribution < -0.4 is 5.73 Å². The van der Waals surface area contributed by atoms with Gasteiger partial charge in [0.05, 0.1) is 0 Å². The Bertz CT molecular complexity index is 755. The number of aryl methyl sites for hydroxylation is 3. The molecule has 0 atom stereocenters. The van der Waals surface area contributed by atoms with Gasteiger partial charge in [-0.1, -0.05) is 41.4 Å². The standard InChI is InChI=1S/C25H35ClN2/c1-18-11-19(2)25(20(3)12-18)17-28(16-23-5-4-6-24(26)13-23)15-22-9-7-21(14-27)8-10-22/h4-6,11-13,21-22H,7-10,14-17,27H2,1-3H3. The van der Waals surface area contributed by atoms with E-state index in [9.17, 15) is 0 Å². The van der Waals surface area contributed by atoms with E-state index in [4.69, 9.17) is 17.3 Å². The van der Waals surface area contributed by atoms with E-state index in [1.165, 1.54) is 53.5 Å². The average Bonchev–Trinajstić information content (AvgIpc) is 2.65. The third-order valence-electron chi connectivity index (χ3n) is 6.33. The Morgan fingerprint density at radius 1 is 0.929 bits per heavy atom. The Morgan fingerprint density at radius 2 is 1.57 bits per heavy atom. The van der Waals surface area contributed by atoms with Crippen molar-refractivity contribution in [1.29, 1.82) is 0 Å². The molecule has 0 aliphatic heterocycles. The lowest BCUT2D eigenvalue weighted by Crippen LogP contribution is -2.32. The van der Waals surface area contributed by atoms with Crippen LogP contribution in [0.5, 0.6) is 0 Å². The number of rotatable bonds is 7. The van der Waals surface area contributed by atoms with Crippen molar-refractivity contribution >= 4 is 11.6 Å². The number of nitrogens with two attached hydrogens (primary N) is 1. The summed E-state index contributed by atoms with van der Waals surface area (Å²) >= 11 is 6.25. The van der Waals surface area contributed by atoms with Gasteiger partial charge in [-0.25, -0.2) is 0 Å². The van der Waals surface area contributed by atoms with Crippen molar-refractivity contribution in [2.75, 3.05) is 13.1 Å². The van der Waals surface area contributed by atoms with Crippen LogP contribution in [-0.4, -0.2) is 18.0 Å². The van der Waals surface area contributed by atoms with Crippen molar-refractivity contribution in [3.05, 3.63) is 69.2 Å². The fraction of sp³-hybridized carbons (Fsp3) is 0.520. The van der Waals surface area contributed by atoms with Gasteiger partial charge in [-0.05, 0) is 99.2 Å². The van der Waals surface area contributed by atoms with Crippen LogP contribution in [0.2, 0.25) is 5.02 Å². The van der Waals surface area contributed by atoms with E-state index in [0.29, 0.717) is 0 Å². The Labute approximate surface area is 176 Å². The second kappa shape index (κ2) is 9.91. The highest BCUT2D eigenvalue weighted by atomic mass is 35.5. The molecule has 2 aromatic rings. The molecular formula is C25H35ClN2. The summed E-state index contributed by atoms with van der Waals surface area (Å²) in [5.41, 5.74) is 12.8. The van der Waals surface area contributed by atoms with Gasteiger partial charge < -0.3 is 5.73 Å². The lowest BCUT2D eigenvalue weighted by atomic mass is 9.81. The number of hydrogen-bond acceptors (Lipinski definition) is 2. The molecule has 2 N–H and O–H groups in total. The molecule has 3 heteroatoms. The molecule has 0 radical (unpaired) electrons. The number of benzene rings is 2. The molecule has 1 aliphatic rings. The van der Waals surface area contributed by atoms with Crippen molar-refractivity contribution in [1.82, 2.24) is 4.90 Å². The lowest BCUT2D eigenvalue weighted by Gasteiger charge is -2.33. The summed E-state index contributed by atoms with van der Waals surface area (Å²) in [4.78, 5) is 2.63. The van der Waals surface area contributed by atoms with E-state index in [1.807, 2.05) is 6.07 Å². The molecule has 2 nitrogen and oxygen atoms in total. The smallest absolute Gasteiger partial charge is 0.0409 e. The third kappa shape index (κ3) is 5.83. The van der Waals surface area contributed by atoms with Crippen LogP contribution in [0, 0.1) is 32.6 Å². The van der Waals surface area contributed by atoms with Crippen molar-refractivity contribution in [3.8, 4) is 0 Å². The molecular weight excluding hydrogens is 364 g/mol. The Kier molecular flexibility index (Phi) is 7.56. The Hall–Kier alpha value is -1.35. The zero-order valence-electron chi connectivity index (χ0n) is 17.7. The highest BCUT2D eigenvalue weighted by molar-refractivity contribution is 6.30. The zero-order chi connectivity index (χ0) is 20.1. The molecule has 0 aromatic heterocycles. The average molecular weight is 399 g/mol. The van der Waals surface area contributed by atoms with E-state index >= 15 is 0 Å². The van der Waals surface area contributed by atoms with E-state index < -0.39 is 0 Å². The Morgan fingerprint density at radius 3 is 2.18 bits per heavy atom.